The summed E-state index contributed by atoms with van der Waals surface area (Å²) in [7, 11) is 2.08. The highest BCUT2D eigenvalue weighted by Crippen LogP contribution is 2.30. The highest BCUT2D eigenvalue weighted by atomic mass is 35.5. The van der Waals surface area contributed by atoms with Crippen molar-refractivity contribution >= 4 is 35.4 Å². The lowest BCUT2D eigenvalue weighted by atomic mass is 10.2. The van der Waals surface area contributed by atoms with E-state index >= 15 is 0 Å². The van der Waals surface area contributed by atoms with Crippen LogP contribution in [0, 0.1) is 10.1 Å². The molecule has 0 unspecified atom stereocenters. The monoisotopic (exact) mass is 291 g/mol. The van der Waals surface area contributed by atoms with E-state index in [0.29, 0.717) is 5.02 Å². The maximum absolute atomic E-state index is 10.6. The van der Waals surface area contributed by atoms with Gasteiger partial charge in [0, 0.05) is 38.3 Å². The maximum atomic E-state index is 10.6. The first kappa shape index (κ1) is 15.0. The van der Waals surface area contributed by atoms with Gasteiger partial charge in [-0.2, -0.15) is 0 Å². The van der Waals surface area contributed by atoms with Gasteiger partial charge in [-0.25, -0.2) is 0 Å². The van der Waals surface area contributed by atoms with Crippen LogP contribution >= 0.6 is 24.0 Å². The third-order valence-corrected chi connectivity index (χ3v) is 3.29. The lowest BCUT2D eigenvalue weighted by molar-refractivity contribution is -0.384. The number of non-ortho nitro benzene ring substituents is 1. The van der Waals surface area contributed by atoms with Crippen LogP contribution in [-0.2, 0) is 0 Å². The van der Waals surface area contributed by atoms with Crippen LogP contribution in [0.2, 0.25) is 5.02 Å². The Morgan fingerprint density at radius 1 is 1.28 bits per heavy atom. The molecule has 1 heterocycles. The van der Waals surface area contributed by atoms with Crippen molar-refractivity contribution in [3.8, 4) is 0 Å². The third-order valence-electron chi connectivity index (χ3n) is 2.99. The van der Waals surface area contributed by atoms with Gasteiger partial charge < -0.3 is 9.80 Å². The normalized spacial score (nSPS) is 16.2. The number of hydrogen-bond acceptors (Lipinski definition) is 4. The van der Waals surface area contributed by atoms with Crippen molar-refractivity contribution in [1.29, 1.82) is 0 Å². The molecule has 1 aliphatic rings. The summed E-state index contributed by atoms with van der Waals surface area (Å²) in [4.78, 5) is 14.6. The maximum Gasteiger partial charge on any atom is 0.271 e. The minimum Gasteiger partial charge on any atom is -0.368 e. The Kier molecular flexibility index (Phi) is 5.19. The summed E-state index contributed by atoms with van der Waals surface area (Å²) in [5.74, 6) is 0. The summed E-state index contributed by atoms with van der Waals surface area (Å²) < 4.78 is 0. The van der Waals surface area contributed by atoms with E-state index in [4.69, 9.17) is 11.6 Å². The zero-order valence-corrected chi connectivity index (χ0v) is 11.6. The average molecular weight is 292 g/mol. The molecule has 1 aromatic carbocycles. The van der Waals surface area contributed by atoms with Crippen molar-refractivity contribution in [2.75, 3.05) is 38.1 Å². The second kappa shape index (κ2) is 6.22. The molecule has 7 heteroatoms. The van der Waals surface area contributed by atoms with E-state index in [2.05, 4.69) is 16.8 Å². The van der Waals surface area contributed by atoms with Gasteiger partial charge in [-0.05, 0) is 13.1 Å². The van der Waals surface area contributed by atoms with Crippen molar-refractivity contribution in [1.82, 2.24) is 4.90 Å². The van der Waals surface area contributed by atoms with Gasteiger partial charge in [0.25, 0.3) is 5.69 Å². The van der Waals surface area contributed by atoms with Crippen molar-refractivity contribution in [3.63, 3.8) is 0 Å². The number of nitrogens with zero attached hydrogens (tertiary/aromatic N) is 3. The Balaban J connectivity index is 0.00000162. The molecule has 0 atom stereocenters. The van der Waals surface area contributed by atoms with E-state index < -0.39 is 4.92 Å². The van der Waals surface area contributed by atoms with Gasteiger partial charge in [0.1, 0.15) is 0 Å². The quantitative estimate of drug-likeness (QED) is 0.620. The van der Waals surface area contributed by atoms with Crippen LogP contribution in [0.4, 0.5) is 11.4 Å². The van der Waals surface area contributed by atoms with Gasteiger partial charge in [-0.3, -0.25) is 10.1 Å². The van der Waals surface area contributed by atoms with Crippen LogP contribution in [-0.4, -0.2) is 43.0 Å². The Hall–Kier alpha value is -1.04. The van der Waals surface area contributed by atoms with Crippen LogP contribution < -0.4 is 4.90 Å². The van der Waals surface area contributed by atoms with Crippen LogP contribution in [0.25, 0.3) is 0 Å². The zero-order chi connectivity index (χ0) is 12.4. The second-order valence-corrected chi connectivity index (χ2v) is 4.59. The van der Waals surface area contributed by atoms with Gasteiger partial charge in [0.2, 0.25) is 0 Å². The van der Waals surface area contributed by atoms with E-state index in [1.807, 2.05) is 0 Å². The summed E-state index contributed by atoms with van der Waals surface area (Å²) in [5, 5.41) is 11.1. The molecule has 0 spiro atoms. The van der Waals surface area contributed by atoms with Gasteiger partial charge in [0.05, 0.1) is 15.6 Å². The number of halogens is 2. The Bertz CT molecular complexity index is 434. The van der Waals surface area contributed by atoms with Crippen LogP contribution in [0.1, 0.15) is 0 Å². The van der Waals surface area contributed by atoms with Crippen molar-refractivity contribution in [2.45, 2.75) is 0 Å². The summed E-state index contributed by atoms with van der Waals surface area (Å²) in [5.41, 5.74) is 0.915. The number of rotatable bonds is 2. The molecule has 1 fully saturated rings. The van der Waals surface area contributed by atoms with Crippen molar-refractivity contribution in [3.05, 3.63) is 33.3 Å². The fourth-order valence-electron chi connectivity index (χ4n) is 1.91. The lowest BCUT2D eigenvalue weighted by Gasteiger charge is -2.34. The number of benzene rings is 1. The molecule has 0 amide bonds. The summed E-state index contributed by atoms with van der Waals surface area (Å²) in [6, 6.07) is 4.64. The molecule has 2 rings (SSSR count). The molecule has 0 aliphatic carbocycles. The molecule has 100 valence electrons. The topological polar surface area (TPSA) is 49.6 Å². The minimum atomic E-state index is -0.431. The number of likely N-dealkylation sites (N-methyl/N-ethyl adjacent to an activating group) is 1. The van der Waals surface area contributed by atoms with Crippen LogP contribution in [0.5, 0.6) is 0 Å². The molecule has 1 aromatic rings. The molecule has 0 bridgehead atoms. The highest BCUT2D eigenvalue weighted by Gasteiger charge is 2.18. The fourth-order valence-corrected chi connectivity index (χ4v) is 2.21. The molecule has 1 saturated heterocycles. The van der Waals surface area contributed by atoms with Gasteiger partial charge >= 0.3 is 0 Å². The van der Waals surface area contributed by atoms with E-state index in [1.165, 1.54) is 12.1 Å². The molecule has 0 N–H and O–H groups in total. The number of hydrogen-bond donors (Lipinski definition) is 0. The summed E-state index contributed by atoms with van der Waals surface area (Å²) in [6.07, 6.45) is 0. The Morgan fingerprint density at radius 2 is 1.89 bits per heavy atom. The SMILES string of the molecule is CN1CCN(c2ccc([N+](=O)[O-])cc2Cl)CC1.Cl. The van der Waals surface area contributed by atoms with Crippen LogP contribution in [0.3, 0.4) is 0 Å². The zero-order valence-electron chi connectivity index (χ0n) is 10.0. The van der Waals surface area contributed by atoms with Gasteiger partial charge in [-0.1, -0.05) is 11.6 Å². The molecule has 18 heavy (non-hydrogen) atoms. The van der Waals surface area contributed by atoms with E-state index in [9.17, 15) is 10.1 Å². The van der Waals surface area contributed by atoms with Gasteiger partial charge in [-0.15, -0.1) is 12.4 Å². The average Bonchev–Trinajstić information content (AvgIpc) is 2.30. The standard InChI is InChI=1S/C11H14ClN3O2.ClH/c1-13-4-6-14(7-5-13)11-3-2-9(15(16)17)8-10(11)12;/h2-3,8H,4-7H2,1H3;1H. The third kappa shape index (κ3) is 3.25. The van der Waals surface area contributed by atoms with Crippen molar-refractivity contribution < 1.29 is 4.92 Å². The summed E-state index contributed by atoms with van der Waals surface area (Å²) in [6.45, 7) is 3.75. The largest absolute Gasteiger partial charge is 0.368 e. The molecule has 0 aromatic heterocycles. The number of nitro benzene ring substituents is 1. The first-order valence-electron chi connectivity index (χ1n) is 5.45. The first-order chi connectivity index (χ1) is 8.08. The first-order valence-corrected chi connectivity index (χ1v) is 5.83. The molecule has 1 aliphatic heterocycles. The highest BCUT2D eigenvalue weighted by molar-refractivity contribution is 6.33. The lowest BCUT2D eigenvalue weighted by Crippen LogP contribution is -2.44. The van der Waals surface area contributed by atoms with E-state index in [1.54, 1.807) is 6.07 Å². The van der Waals surface area contributed by atoms with Gasteiger partial charge in [0.15, 0.2) is 0 Å². The molecule has 0 radical (unpaired) electrons. The second-order valence-electron chi connectivity index (χ2n) is 4.18. The van der Waals surface area contributed by atoms with E-state index in [-0.39, 0.29) is 18.1 Å². The number of nitro groups is 1. The number of anilines is 1. The van der Waals surface area contributed by atoms with Crippen LogP contribution in [0.15, 0.2) is 18.2 Å². The smallest absolute Gasteiger partial charge is 0.271 e. The Labute approximate surface area is 117 Å². The van der Waals surface area contributed by atoms with Crippen molar-refractivity contribution in [2.24, 2.45) is 0 Å². The molecular formula is C11H15Cl2N3O2. The fraction of sp³-hybridized carbons (Fsp3) is 0.455. The predicted molar refractivity (Wildman–Crippen MR) is 75.1 cm³/mol. The molecular weight excluding hydrogens is 277 g/mol. The molecule has 5 nitrogen and oxygen atoms in total. The Morgan fingerprint density at radius 3 is 2.39 bits per heavy atom. The minimum absolute atomic E-state index is 0. The predicted octanol–water partition coefficient (Wildman–Crippen LogP) is 2.42. The number of piperazine rings is 1. The summed E-state index contributed by atoms with van der Waals surface area (Å²) >= 11 is 6.08. The van der Waals surface area contributed by atoms with E-state index in [0.717, 1.165) is 31.9 Å². The molecule has 0 saturated carbocycles.